The number of hydrogen-bond donors (Lipinski definition) is 0. The Bertz CT molecular complexity index is 1010. The average molecular weight is 417 g/mol. The van der Waals surface area contributed by atoms with Crippen LogP contribution < -0.4 is 9.80 Å². The number of sulfonamides is 1. The van der Waals surface area contributed by atoms with E-state index in [1.807, 2.05) is 4.90 Å². The van der Waals surface area contributed by atoms with Crippen LogP contribution in [0.25, 0.3) is 0 Å². The zero-order valence-corrected chi connectivity index (χ0v) is 16.4. The maximum atomic E-state index is 13.1. The molecule has 0 bridgehead atoms. The van der Waals surface area contributed by atoms with Gasteiger partial charge in [-0.05, 0) is 48.5 Å². The predicted molar refractivity (Wildman–Crippen MR) is 106 cm³/mol. The number of hydrogen-bond acceptors (Lipinski definition) is 5. The molecule has 2 aliphatic heterocycles. The van der Waals surface area contributed by atoms with Gasteiger partial charge in [0.25, 0.3) is 0 Å². The van der Waals surface area contributed by atoms with Gasteiger partial charge < -0.3 is 4.90 Å². The van der Waals surface area contributed by atoms with Crippen molar-refractivity contribution in [1.82, 2.24) is 4.31 Å². The molecule has 0 spiro atoms. The van der Waals surface area contributed by atoms with E-state index in [0.29, 0.717) is 31.9 Å². The summed E-state index contributed by atoms with van der Waals surface area (Å²) in [5.41, 5.74) is 1.24. The van der Waals surface area contributed by atoms with Gasteiger partial charge in [-0.1, -0.05) is 0 Å². The van der Waals surface area contributed by atoms with Crippen molar-refractivity contribution in [3.8, 4) is 0 Å². The van der Waals surface area contributed by atoms with Crippen LogP contribution in [0.1, 0.15) is 12.8 Å². The van der Waals surface area contributed by atoms with E-state index in [0.717, 1.165) is 10.6 Å². The van der Waals surface area contributed by atoms with Crippen molar-refractivity contribution in [3.63, 3.8) is 0 Å². The molecule has 0 atom stereocenters. The van der Waals surface area contributed by atoms with Crippen molar-refractivity contribution in [2.45, 2.75) is 17.7 Å². The van der Waals surface area contributed by atoms with Crippen LogP contribution in [-0.2, 0) is 19.6 Å². The number of piperazine rings is 1. The molecule has 29 heavy (non-hydrogen) atoms. The zero-order valence-electron chi connectivity index (χ0n) is 15.6. The number of amides is 2. The lowest BCUT2D eigenvalue weighted by molar-refractivity contribution is -0.121. The Labute approximate surface area is 168 Å². The van der Waals surface area contributed by atoms with E-state index in [-0.39, 0.29) is 35.4 Å². The van der Waals surface area contributed by atoms with Gasteiger partial charge in [0.15, 0.2) is 0 Å². The van der Waals surface area contributed by atoms with E-state index < -0.39 is 10.0 Å². The fourth-order valence-corrected chi connectivity index (χ4v) is 5.04. The summed E-state index contributed by atoms with van der Waals surface area (Å²) in [4.78, 5) is 26.9. The summed E-state index contributed by atoms with van der Waals surface area (Å²) in [6.45, 7) is 1.62. The molecule has 2 fully saturated rings. The lowest BCUT2D eigenvalue weighted by Crippen LogP contribution is -2.48. The van der Waals surface area contributed by atoms with Gasteiger partial charge in [-0.3, -0.25) is 14.5 Å². The molecule has 0 saturated carbocycles. The Morgan fingerprint density at radius 2 is 1.24 bits per heavy atom. The van der Waals surface area contributed by atoms with Crippen molar-refractivity contribution in [1.29, 1.82) is 0 Å². The molecule has 2 heterocycles. The third-order valence-electron chi connectivity index (χ3n) is 5.21. The minimum absolute atomic E-state index is 0.121. The first-order valence-corrected chi connectivity index (χ1v) is 10.8. The van der Waals surface area contributed by atoms with Gasteiger partial charge >= 0.3 is 0 Å². The van der Waals surface area contributed by atoms with Crippen LogP contribution in [0.2, 0.25) is 0 Å². The topological polar surface area (TPSA) is 78.0 Å². The average Bonchev–Trinajstić information content (AvgIpc) is 3.07. The van der Waals surface area contributed by atoms with Gasteiger partial charge in [0.2, 0.25) is 21.8 Å². The van der Waals surface area contributed by atoms with Gasteiger partial charge in [0.1, 0.15) is 5.82 Å². The molecule has 0 radical (unpaired) electrons. The first-order valence-electron chi connectivity index (χ1n) is 9.33. The van der Waals surface area contributed by atoms with E-state index in [9.17, 15) is 22.4 Å². The molecule has 7 nitrogen and oxygen atoms in total. The molecule has 0 aliphatic carbocycles. The Kier molecular flexibility index (Phi) is 5.10. The van der Waals surface area contributed by atoms with Crippen LogP contribution in [0.15, 0.2) is 53.4 Å². The molecule has 2 saturated heterocycles. The summed E-state index contributed by atoms with van der Waals surface area (Å²) in [6, 6.07) is 12.0. The smallest absolute Gasteiger partial charge is 0.243 e. The molecule has 0 unspecified atom stereocenters. The Morgan fingerprint density at radius 3 is 1.79 bits per heavy atom. The monoisotopic (exact) mass is 417 g/mol. The van der Waals surface area contributed by atoms with Crippen LogP contribution in [0.4, 0.5) is 15.8 Å². The first-order chi connectivity index (χ1) is 13.9. The van der Waals surface area contributed by atoms with Crippen LogP contribution >= 0.6 is 0 Å². The lowest BCUT2D eigenvalue weighted by Gasteiger charge is -2.35. The number of carbonyl (C=O) groups is 2. The standard InChI is InChI=1S/C20H20FN3O4S/c21-15-1-3-16(4-2-15)22-11-13-23(14-12-22)29(27,28)18-7-5-17(6-8-18)24-19(25)9-10-20(24)26/h1-8H,9-14H2. The van der Waals surface area contributed by atoms with Gasteiger partial charge in [-0.2, -0.15) is 4.31 Å². The second-order valence-corrected chi connectivity index (χ2v) is 8.92. The number of carbonyl (C=O) groups excluding carboxylic acids is 2. The second kappa shape index (κ2) is 7.57. The number of benzene rings is 2. The van der Waals surface area contributed by atoms with Gasteiger partial charge in [-0.15, -0.1) is 0 Å². The number of nitrogens with zero attached hydrogens (tertiary/aromatic N) is 3. The Hall–Kier alpha value is -2.78. The van der Waals surface area contributed by atoms with Crippen molar-refractivity contribution in [2.24, 2.45) is 0 Å². The van der Waals surface area contributed by atoms with Gasteiger partial charge in [-0.25, -0.2) is 12.8 Å². The van der Waals surface area contributed by atoms with Crippen LogP contribution in [0, 0.1) is 5.82 Å². The number of halogens is 1. The third-order valence-corrected chi connectivity index (χ3v) is 7.13. The van der Waals surface area contributed by atoms with E-state index >= 15 is 0 Å². The summed E-state index contributed by atoms with van der Waals surface area (Å²) in [7, 11) is -3.68. The molecule has 0 N–H and O–H groups in total. The van der Waals surface area contributed by atoms with E-state index in [1.165, 1.54) is 40.7 Å². The van der Waals surface area contributed by atoms with E-state index in [2.05, 4.69) is 0 Å². The van der Waals surface area contributed by atoms with E-state index in [4.69, 9.17) is 0 Å². The van der Waals surface area contributed by atoms with Crippen LogP contribution in [-0.4, -0.2) is 50.7 Å². The van der Waals surface area contributed by atoms with E-state index in [1.54, 1.807) is 12.1 Å². The SMILES string of the molecule is O=C1CCC(=O)N1c1ccc(S(=O)(=O)N2CCN(c3ccc(F)cc3)CC2)cc1. The molecule has 2 aromatic rings. The largest absolute Gasteiger partial charge is 0.369 e. The van der Waals surface area contributed by atoms with Crippen LogP contribution in [0.5, 0.6) is 0 Å². The molecule has 152 valence electrons. The lowest BCUT2D eigenvalue weighted by atomic mass is 10.2. The van der Waals surface area contributed by atoms with Gasteiger partial charge in [0.05, 0.1) is 10.6 Å². The fourth-order valence-electron chi connectivity index (χ4n) is 3.62. The highest BCUT2D eigenvalue weighted by molar-refractivity contribution is 7.89. The maximum absolute atomic E-state index is 13.1. The quantitative estimate of drug-likeness (QED) is 0.711. The third kappa shape index (κ3) is 3.75. The highest BCUT2D eigenvalue weighted by atomic mass is 32.2. The second-order valence-electron chi connectivity index (χ2n) is 6.98. The highest BCUT2D eigenvalue weighted by Gasteiger charge is 2.32. The molecule has 9 heteroatoms. The normalized spacial score (nSPS) is 18.5. The molecule has 2 aliphatic rings. The predicted octanol–water partition coefficient (Wildman–Crippen LogP) is 1.99. The number of anilines is 2. The summed E-state index contributed by atoms with van der Waals surface area (Å²) >= 11 is 0. The molecular weight excluding hydrogens is 397 g/mol. The van der Waals surface area contributed by atoms with Crippen molar-refractivity contribution in [2.75, 3.05) is 36.0 Å². The number of imide groups is 1. The summed E-state index contributed by atoms with van der Waals surface area (Å²) < 4.78 is 40.4. The highest BCUT2D eigenvalue weighted by Crippen LogP contribution is 2.26. The summed E-state index contributed by atoms with van der Waals surface area (Å²) in [6.07, 6.45) is 0.356. The minimum atomic E-state index is -3.68. The summed E-state index contributed by atoms with van der Waals surface area (Å²) in [5.74, 6) is -0.860. The molecule has 0 aromatic heterocycles. The Morgan fingerprint density at radius 1 is 0.724 bits per heavy atom. The summed E-state index contributed by atoms with van der Waals surface area (Å²) in [5, 5.41) is 0. The fraction of sp³-hybridized carbons (Fsp3) is 0.300. The van der Waals surface area contributed by atoms with Crippen molar-refractivity contribution < 1.29 is 22.4 Å². The first kappa shape index (κ1) is 19.5. The van der Waals surface area contributed by atoms with Crippen LogP contribution in [0.3, 0.4) is 0 Å². The molecule has 4 rings (SSSR count). The molecule has 2 aromatic carbocycles. The van der Waals surface area contributed by atoms with Crippen molar-refractivity contribution >= 4 is 33.2 Å². The maximum Gasteiger partial charge on any atom is 0.243 e. The molecular formula is C20H20FN3O4S. The Balaban J connectivity index is 1.45. The number of rotatable bonds is 4. The zero-order chi connectivity index (χ0) is 20.6. The van der Waals surface area contributed by atoms with Crippen molar-refractivity contribution in [3.05, 3.63) is 54.3 Å². The van der Waals surface area contributed by atoms with Gasteiger partial charge in [0, 0.05) is 44.7 Å². The molecule has 2 amide bonds. The minimum Gasteiger partial charge on any atom is -0.369 e.